The van der Waals surface area contributed by atoms with E-state index in [1.54, 1.807) is 24.1 Å². The van der Waals surface area contributed by atoms with E-state index >= 15 is 0 Å². The van der Waals surface area contributed by atoms with E-state index in [1.165, 1.54) is 0 Å². The fraction of sp³-hybridized carbons (Fsp3) is 0.182. The van der Waals surface area contributed by atoms with E-state index < -0.39 is 0 Å². The van der Waals surface area contributed by atoms with E-state index in [0.717, 1.165) is 16.3 Å². The smallest absolute Gasteiger partial charge is 0.258 e. The summed E-state index contributed by atoms with van der Waals surface area (Å²) in [5, 5.41) is 4.87. The molecule has 0 aliphatic heterocycles. The highest BCUT2D eigenvalue weighted by molar-refractivity contribution is 5.87. The number of fused-ring (bicyclic) bond motifs is 1. The first-order valence-corrected chi connectivity index (χ1v) is 8.78. The van der Waals surface area contributed by atoms with Gasteiger partial charge in [0.2, 0.25) is 5.91 Å². The molecule has 27 heavy (non-hydrogen) atoms. The van der Waals surface area contributed by atoms with Gasteiger partial charge >= 0.3 is 0 Å². The fourth-order valence-electron chi connectivity index (χ4n) is 2.80. The molecule has 0 saturated carbocycles. The summed E-state index contributed by atoms with van der Waals surface area (Å²) in [6, 6.07) is 23.2. The molecule has 0 bridgehead atoms. The molecule has 1 N–H and O–H groups in total. The van der Waals surface area contributed by atoms with Crippen LogP contribution >= 0.6 is 0 Å². The lowest BCUT2D eigenvalue weighted by atomic mass is 10.0. The van der Waals surface area contributed by atoms with Crippen LogP contribution in [-0.4, -0.2) is 36.9 Å². The standard InChI is InChI=1S/C22H22N2O3/c1-24(15-18-10-7-9-17-8-5-6-13-20(17)18)22(26)14-23-21(25)16-27-19-11-3-2-4-12-19/h2-13H,14-16H2,1H3,(H,23,25). The van der Waals surface area contributed by atoms with Gasteiger partial charge in [0.1, 0.15) is 5.75 Å². The molecular weight excluding hydrogens is 340 g/mol. The maximum atomic E-state index is 12.3. The van der Waals surface area contributed by atoms with Crippen molar-refractivity contribution in [3.63, 3.8) is 0 Å². The van der Waals surface area contributed by atoms with Crippen LogP contribution in [0.25, 0.3) is 10.8 Å². The number of likely N-dealkylation sites (N-methyl/N-ethyl adjacent to an activating group) is 1. The molecular formula is C22H22N2O3. The van der Waals surface area contributed by atoms with Crippen molar-refractivity contribution in [3.05, 3.63) is 78.4 Å². The highest BCUT2D eigenvalue weighted by Gasteiger charge is 2.12. The minimum Gasteiger partial charge on any atom is -0.484 e. The quantitative estimate of drug-likeness (QED) is 0.703. The lowest BCUT2D eigenvalue weighted by molar-refractivity contribution is -0.132. The topological polar surface area (TPSA) is 58.6 Å². The molecule has 3 aromatic carbocycles. The number of hydrogen-bond donors (Lipinski definition) is 1. The number of nitrogens with one attached hydrogen (secondary N) is 1. The van der Waals surface area contributed by atoms with Crippen molar-refractivity contribution in [2.24, 2.45) is 0 Å². The summed E-state index contributed by atoms with van der Waals surface area (Å²) in [5.74, 6) is 0.133. The predicted octanol–water partition coefficient (Wildman–Crippen LogP) is 2.99. The summed E-state index contributed by atoms with van der Waals surface area (Å²) in [6.07, 6.45) is 0. The second-order valence-electron chi connectivity index (χ2n) is 6.27. The molecule has 3 rings (SSSR count). The third kappa shape index (κ3) is 5.07. The normalized spacial score (nSPS) is 10.4. The average molecular weight is 362 g/mol. The maximum absolute atomic E-state index is 12.3. The Morgan fingerprint density at radius 1 is 0.926 bits per heavy atom. The molecule has 3 aromatic rings. The van der Waals surface area contributed by atoms with Gasteiger partial charge in [-0.05, 0) is 28.5 Å². The Morgan fingerprint density at radius 3 is 2.44 bits per heavy atom. The second-order valence-corrected chi connectivity index (χ2v) is 6.27. The largest absolute Gasteiger partial charge is 0.484 e. The first-order chi connectivity index (χ1) is 13.1. The number of nitrogens with zero attached hydrogens (tertiary/aromatic N) is 1. The van der Waals surface area contributed by atoms with Gasteiger partial charge < -0.3 is 15.0 Å². The van der Waals surface area contributed by atoms with Crippen molar-refractivity contribution in [1.82, 2.24) is 10.2 Å². The lowest BCUT2D eigenvalue weighted by Gasteiger charge is -2.19. The summed E-state index contributed by atoms with van der Waals surface area (Å²) in [4.78, 5) is 25.8. The SMILES string of the molecule is CN(Cc1cccc2ccccc12)C(=O)CNC(=O)COc1ccccc1. The van der Waals surface area contributed by atoms with Gasteiger partial charge in [0.05, 0.1) is 6.54 Å². The highest BCUT2D eigenvalue weighted by atomic mass is 16.5. The van der Waals surface area contributed by atoms with E-state index in [0.29, 0.717) is 12.3 Å². The van der Waals surface area contributed by atoms with Gasteiger partial charge in [-0.1, -0.05) is 60.7 Å². The van der Waals surface area contributed by atoms with Gasteiger partial charge in [-0.3, -0.25) is 9.59 Å². The summed E-state index contributed by atoms with van der Waals surface area (Å²) in [6.45, 7) is 0.305. The van der Waals surface area contributed by atoms with Gasteiger partial charge in [0.25, 0.3) is 5.91 Å². The summed E-state index contributed by atoms with van der Waals surface area (Å²) in [5.41, 5.74) is 1.07. The molecule has 0 spiro atoms. The van der Waals surface area contributed by atoms with Crippen molar-refractivity contribution < 1.29 is 14.3 Å². The Kier molecular flexibility index (Phi) is 6.05. The molecule has 0 fully saturated rings. The zero-order chi connectivity index (χ0) is 19.1. The Morgan fingerprint density at radius 2 is 1.63 bits per heavy atom. The van der Waals surface area contributed by atoms with E-state index in [-0.39, 0.29) is 25.0 Å². The number of carbonyl (C=O) groups is 2. The van der Waals surface area contributed by atoms with E-state index in [4.69, 9.17) is 4.74 Å². The summed E-state index contributed by atoms with van der Waals surface area (Å²) in [7, 11) is 1.73. The summed E-state index contributed by atoms with van der Waals surface area (Å²) >= 11 is 0. The van der Waals surface area contributed by atoms with E-state index in [9.17, 15) is 9.59 Å². The average Bonchev–Trinajstić information content (AvgIpc) is 2.71. The summed E-state index contributed by atoms with van der Waals surface area (Å²) < 4.78 is 5.37. The van der Waals surface area contributed by atoms with Crippen LogP contribution in [0.5, 0.6) is 5.75 Å². The third-order valence-electron chi connectivity index (χ3n) is 4.26. The van der Waals surface area contributed by atoms with Crippen molar-refractivity contribution in [3.8, 4) is 5.75 Å². The van der Waals surface area contributed by atoms with Gasteiger partial charge in [-0.15, -0.1) is 0 Å². The predicted molar refractivity (Wildman–Crippen MR) is 105 cm³/mol. The van der Waals surface area contributed by atoms with Crippen LogP contribution in [0, 0.1) is 0 Å². The molecule has 0 heterocycles. The van der Waals surface area contributed by atoms with Gasteiger partial charge in [-0.2, -0.15) is 0 Å². The number of hydrogen-bond acceptors (Lipinski definition) is 3. The first kappa shape index (κ1) is 18.5. The number of ether oxygens (including phenoxy) is 1. The molecule has 5 nitrogen and oxygen atoms in total. The van der Waals surface area contributed by atoms with Crippen molar-refractivity contribution in [1.29, 1.82) is 0 Å². The van der Waals surface area contributed by atoms with Crippen LogP contribution in [0.4, 0.5) is 0 Å². The number of rotatable bonds is 7. The molecule has 0 aliphatic rings. The van der Waals surface area contributed by atoms with E-state index in [1.807, 2.05) is 60.7 Å². The Balaban J connectivity index is 1.49. The molecule has 5 heteroatoms. The molecule has 0 aromatic heterocycles. The second kappa shape index (κ2) is 8.85. The number of carbonyl (C=O) groups excluding carboxylic acids is 2. The Hall–Kier alpha value is -3.34. The Bertz CT molecular complexity index is 920. The van der Waals surface area contributed by atoms with Crippen LogP contribution < -0.4 is 10.1 Å². The van der Waals surface area contributed by atoms with Gasteiger partial charge in [-0.25, -0.2) is 0 Å². The minimum absolute atomic E-state index is 0.0573. The number of amides is 2. The van der Waals surface area contributed by atoms with Crippen LogP contribution in [0.1, 0.15) is 5.56 Å². The molecule has 138 valence electrons. The van der Waals surface area contributed by atoms with Crippen molar-refractivity contribution >= 4 is 22.6 Å². The maximum Gasteiger partial charge on any atom is 0.258 e. The molecule has 0 aliphatic carbocycles. The molecule has 0 saturated heterocycles. The molecule has 0 atom stereocenters. The van der Waals surface area contributed by atoms with Crippen LogP contribution in [-0.2, 0) is 16.1 Å². The van der Waals surface area contributed by atoms with Gasteiger partial charge in [0, 0.05) is 13.6 Å². The highest BCUT2D eigenvalue weighted by Crippen LogP contribution is 2.19. The van der Waals surface area contributed by atoms with Crippen molar-refractivity contribution in [2.45, 2.75) is 6.54 Å². The number of benzene rings is 3. The van der Waals surface area contributed by atoms with Crippen LogP contribution in [0.15, 0.2) is 72.8 Å². The molecule has 0 radical (unpaired) electrons. The first-order valence-electron chi connectivity index (χ1n) is 8.78. The van der Waals surface area contributed by atoms with Gasteiger partial charge in [0.15, 0.2) is 6.61 Å². The Labute approximate surface area is 158 Å². The van der Waals surface area contributed by atoms with Crippen LogP contribution in [0.2, 0.25) is 0 Å². The fourth-order valence-corrected chi connectivity index (χ4v) is 2.80. The molecule has 2 amide bonds. The van der Waals surface area contributed by atoms with E-state index in [2.05, 4.69) is 5.32 Å². The van der Waals surface area contributed by atoms with Crippen LogP contribution in [0.3, 0.4) is 0 Å². The minimum atomic E-state index is -0.328. The third-order valence-corrected chi connectivity index (χ3v) is 4.26. The monoisotopic (exact) mass is 362 g/mol. The number of para-hydroxylation sites is 1. The van der Waals surface area contributed by atoms with Crippen molar-refractivity contribution in [2.75, 3.05) is 20.2 Å². The zero-order valence-corrected chi connectivity index (χ0v) is 15.2. The molecule has 0 unspecified atom stereocenters. The lowest BCUT2D eigenvalue weighted by Crippen LogP contribution is -2.39. The zero-order valence-electron chi connectivity index (χ0n) is 15.2.